The highest BCUT2D eigenvalue weighted by Gasteiger charge is 2.48. The molecule has 1 saturated heterocycles. The second-order valence-corrected chi connectivity index (χ2v) is 13.9. The van der Waals surface area contributed by atoms with E-state index in [1.807, 2.05) is 13.8 Å². The molecule has 2 fully saturated rings. The van der Waals surface area contributed by atoms with E-state index in [0.29, 0.717) is 38.0 Å². The number of H-pyrrole nitrogens is 1. The van der Waals surface area contributed by atoms with Crippen molar-refractivity contribution >= 4 is 17.7 Å². The lowest BCUT2D eigenvalue weighted by Gasteiger charge is -2.50. The molecular weight excluding hydrogens is 510 g/mol. The van der Waals surface area contributed by atoms with Gasteiger partial charge in [0.1, 0.15) is 29.1 Å². The van der Waals surface area contributed by atoms with Crippen molar-refractivity contribution in [2.75, 3.05) is 26.3 Å². The fraction of sp³-hybridized carbons (Fsp3) is 0.733. The molecule has 3 heterocycles. The van der Waals surface area contributed by atoms with E-state index in [9.17, 15) is 14.9 Å². The number of morpholine rings is 1. The molecule has 4 rings (SSSR count). The van der Waals surface area contributed by atoms with Crippen molar-refractivity contribution in [3.05, 3.63) is 17.0 Å². The molecule has 2 unspecified atom stereocenters. The molecule has 1 N–H and O–H groups in total. The van der Waals surface area contributed by atoms with Crippen LogP contribution >= 0.6 is 0 Å². The van der Waals surface area contributed by atoms with Crippen LogP contribution < -0.4 is 4.74 Å². The van der Waals surface area contributed by atoms with Crippen molar-refractivity contribution in [3.8, 4) is 11.9 Å². The second-order valence-electron chi connectivity index (χ2n) is 13.9. The van der Waals surface area contributed by atoms with Crippen molar-refractivity contribution in [3.63, 3.8) is 0 Å². The van der Waals surface area contributed by atoms with Gasteiger partial charge in [-0.25, -0.2) is 19.1 Å². The molecule has 2 aliphatic rings. The van der Waals surface area contributed by atoms with E-state index in [4.69, 9.17) is 14.2 Å². The summed E-state index contributed by atoms with van der Waals surface area (Å²) >= 11 is 0. The van der Waals surface area contributed by atoms with E-state index >= 15 is 0 Å². The van der Waals surface area contributed by atoms with Crippen molar-refractivity contribution < 1.29 is 23.8 Å². The Balaban J connectivity index is 1.78. The number of hydrogen-bond acceptors (Lipinski definition) is 7. The average molecular weight is 556 g/mol. The van der Waals surface area contributed by atoms with Crippen molar-refractivity contribution in [1.29, 1.82) is 5.26 Å². The number of aromatic amines is 1. The van der Waals surface area contributed by atoms with Crippen molar-refractivity contribution in [1.82, 2.24) is 19.5 Å². The zero-order valence-corrected chi connectivity index (χ0v) is 25.5. The minimum absolute atomic E-state index is 0.00692. The Kier molecular flexibility index (Phi) is 8.28. The van der Waals surface area contributed by atoms with Crippen LogP contribution in [0.25, 0.3) is 5.65 Å². The molecule has 10 heteroatoms. The predicted molar refractivity (Wildman–Crippen MR) is 150 cm³/mol. The molecule has 0 aromatic carbocycles. The lowest BCUT2D eigenvalue weighted by atomic mass is 9.59. The fourth-order valence-corrected chi connectivity index (χ4v) is 6.10. The molecule has 0 radical (unpaired) electrons. The largest absolute Gasteiger partial charge is 0.458 e. The van der Waals surface area contributed by atoms with Gasteiger partial charge in [0.2, 0.25) is 5.88 Å². The lowest BCUT2D eigenvalue weighted by Crippen LogP contribution is -2.49. The van der Waals surface area contributed by atoms with E-state index in [1.54, 1.807) is 0 Å². The van der Waals surface area contributed by atoms with Gasteiger partial charge < -0.3 is 19.1 Å². The molecule has 0 spiro atoms. The third-order valence-corrected chi connectivity index (χ3v) is 8.44. The highest BCUT2D eigenvalue weighted by atomic mass is 16.6. The predicted octanol–water partition coefficient (Wildman–Crippen LogP) is 5.77. The zero-order chi connectivity index (χ0) is 29.6. The molecule has 1 amide bonds. The van der Waals surface area contributed by atoms with Gasteiger partial charge in [0, 0.05) is 30.8 Å². The number of amides is 1. The van der Waals surface area contributed by atoms with Gasteiger partial charge in [-0.2, -0.15) is 5.26 Å². The Morgan fingerprint density at radius 2 is 1.65 bits per heavy atom. The molecule has 10 nitrogen and oxygen atoms in total. The van der Waals surface area contributed by atoms with Crippen LogP contribution in [-0.4, -0.2) is 64.0 Å². The van der Waals surface area contributed by atoms with Crippen molar-refractivity contribution in [2.45, 2.75) is 87.2 Å². The highest BCUT2D eigenvalue weighted by molar-refractivity contribution is 6.00. The molecule has 2 aromatic rings. The maximum absolute atomic E-state index is 14.1. The van der Waals surface area contributed by atoms with Gasteiger partial charge in [0.15, 0.2) is 5.65 Å². The Hall–Kier alpha value is -3.06. The summed E-state index contributed by atoms with van der Waals surface area (Å²) in [7, 11) is 0. The summed E-state index contributed by atoms with van der Waals surface area (Å²) < 4.78 is 19.0. The number of fused-ring (bicyclic) bond motifs is 1. The summed E-state index contributed by atoms with van der Waals surface area (Å²) in [4.78, 5) is 33.3. The van der Waals surface area contributed by atoms with Gasteiger partial charge >= 0.3 is 12.1 Å². The first-order valence-electron chi connectivity index (χ1n) is 14.4. The SMILES string of the molecule is CC1CC(C(C)(C)C)C(OC(=O)c2c(C#N)c(OC(=O)N3CCOCC3)n3[nH]c(C(C)C)nc23)C(C(C)(C)C)C1. The smallest absolute Gasteiger partial charge is 0.416 e. The summed E-state index contributed by atoms with van der Waals surface area (Å²) in [5, 5.41) is 13.4. The summed E-state index contributed by atoms with van der Waals surface area (Å²) in [6, 6.07) is 2.10. The number of carbonyl (C=O) groups is 2. The van der Waals surface area contributed by atoms with Gasteiger partial charge in [0.05, 0.1) is 13.2 Å². The van der Waals surface area contributed by atoms with E-state index in [2.05, 4.69) is 64.6 Å². The molecule has 0 bridgehead atoms. The molecule has 220 valence electrons. The lowest BCUT2D eigenvalue weighted by molar-refractivity contribution is -0.0922. The number of aromatic nitrogens is 3. The summed E-state index contributed by atoms with van der Waals surface area (Å²) in [5.41, 5.74) is -0.00164. The summed E-state index contributed by atoms with van der Waals surface area (Å²) in [6.07, 6.45) is 0.953. The molecule has 40 heavy (non-hydrogen) atoms. The van der Waals surface area contributed by atoms with Gasteiger partial charge in [0.25, 0.3) is 0 Å². The van der Waals surface area contributed by atoms with Crippen LogP contribution in [0, 0.1) is 39.9 Å². The Bertz CT molecular complexity index is 1260. The first-order valence-corrected chi connectivity index (χ1v) is 14.4. The number of nitriles is 1. The van der Waals surface area contributed by atoms with Crippen LogP contribution in [0.3, 0.4) is 0 Å². The molecule has 2 aromatic heterocycles. The van der Waals surface area contributed by atoms with Crippen LogP contribution in [0.15, 0.2) is 0 Å². The van der Waals surface area contributed by atoms with E-state index in [1.165, 1.54) is 9.42 Å². The summed E-state index contributed by atoms with van der Waals surface area (Å²) in [5.74, 6) is 0.709. The number of esters is 1. The Labute approximate surface area is 237 Å². The number of nitrogens with zero attached hydrogens (tertiary/aromatic N) is 4. The van der Waals surface area contributed by atoms with E-state index in [-0.39, 0.29) is 57.3 Å². The Morgan fingerprint density at radius 1 is 1.07 bits per heavy atom. The van der Waals surface area contributed by atoms with Crippen LogP contribution in [0.1, 0.15) is 103 Å². The van der Waals surface area contributed by atoms with Crippen LogP contribution in [0.4, 0.5) is 4.79 Å². The number of carbonyl (C=O) groups excluding carboxylic acids is 2. The first-order chi connectivity index (χ1) is 18.6. The average Bonchev–Trinajstić information content (AvgIpc) is 3.41. The molecular formula is C30H45N5O5. The maximum Gasteiger partial charge on any atom is 0.416 e. The van der Waals surface area contributed by atoms with Crippen LogP contribution in [0.2, 0.25) is 0 Å². The Morgan fingerprint density at radius 3 is 2.15 bits per heavy atom. The van der Waals surface area contributed by atoms with Crippen molar-refractivity contribution in [2.24, 2.45) is 28.6 Å². The van der Waals surface area contributed by atoms with Crippen LogP contribution in [0.5, 0.6) is 5.88 Å². The second kappa shape index (κ2) is 11.1. The zero-order valence-electron chi connectivity index (χ0n) is 25.5. The van der Waals surface area contributed by atoms with E-state index in [0.717, 1.165) is 12.8 Å². The summed E-state index contributed by atoms with van der Waals surface area (Å²) in [6.45, 7) is 20.9. The van der Waals surface area contributed by atoms with Gasteiger partial charge in [-0.15, -0.1) is 0 Å². The molecule has 1 saturated carbocycles. The first kappa shape index (κ1) is 29.9. The minimum Gasteiger partial charge on any atom is -0.458 e. The number of ether oxygens (including phenoxy) is 3. The maximum atomic E-state index is 14.1. The highest BCUT2D eigenvalue weighted by Crippen LogP contribution is 2.50. The monoisotopic (exact) mass is 555 g/mol. The molecule has 2 atom stereocenters. The quantitative estimate of drug-likeness (QED) is 0.475. The van der Waals surface area contributed by atoms with Gasteiger partial charge in [-0.3, -0.25) is 5.10 Å². The van der Waals surface area contributed by atoms with Crippen LogP contribution in [-0.2, 0) is 9.47 Å². The van der Waals surface area contributed by atoms with E-state index < -0.39 is 12.1 Å². The fourth-order valence-electron chi connectivity index (χ4n) is 6.10. The third-order valence-electron chi connectivity index (χ3n) is 8.44. The number of rotatable bonds is 4. The number of nitrogens with one attached hydrogen (secondary N) is 1. The number of hydrogen-bond donors (Lipinski definition) is 1. The van der Waals surface area contributed by atoms with Gasteiger partial charge in [-0.1, -0.05) is 62.3 Å². The normalized spacial score (nSPS) is 24.3. The molecule has 1 aliphatic heterocycles. The topological polar surface area (TPSA) is 122 Å². The standard InChI is InChI=1S/C30H45N5O5/c1-17(2)24-32-25-22(19(16-31)26(35(25)33-24)40-28(37)34-10-12-38-13-11-34)27(36)39-23-20(29(4,5)6)14-18(3)15-21(23)30(7,8)9/h17-18,20-21,23H,10-15H2,1-9H3,(H,32,33). The molecule has 1 aliphatic carbocycles. The van der Waals surface area contributed by atoms with Gasteiger partial charge in [-0.05, 0) is 29.6 Å². The third kappa shape index (κ3) is 5.85. The minimum atomic E-state index is -0.618.